The lowest BCUT2D eigenvalue weighted by atomic mass is 10.1. The number of benzene rings is 1. The summed E-state index contributed by atoms with van der Waals surface area (Å²) < 4.78 is 28.0. The van der Waals surface area contributed by atoms with Crippen molar-refractivity contribution in [2.75, 3.05) is 11.1 Å². The number of anilines is 2. The molecule has 152 valence electrons. The van der Waals surface area contributed by atoms with Gasteiger partial charge in [-0.15, -0.1) is 22.7 Å². The lowest BCUT2D eigenvalue weighted by Crippen LogP contribution is -2.14. The number of hydrogen-bond donors (Lipinski definition) is 2. The number of fused-ring (bicyclic) bond motifs is 1. The van der Waals surface area contributed by atoms with E-state index in [0.29, 0.717) is 22.0 Å². The molecule has 0 radical (unpaired) electrons. The van der Waals surface area contributed by atoms with Crippen LogP contribution in [0.25, 0.3) is 20.8 Å². The highest BCUT2D eigenvalue weighted by Crippen LogP contribution is 2.38. The Morgan fingerprint density at radius 2 is 2.07 bits per heavy atom. The van der Waals surface area contributed by atoms with Crippen LogP contribution in [0.3, 0.4) is 0 Å². The van der Waals surface area contributed by atoms with Crippen molar-refractivity contribution in [3.05, 3.63) is 76.0 Å². The number of carbonyl (C=O) groups is 1. The minimum atomic E-state index is -3.32. The summed E-state index contributed by atoms with van der Waals surface area (Å²) in [5.74, 6) is -3.83. The molecule has 0 saturated heterocycles. The Morgan fingerprint density at radius 1 is 1.27 bits per heavy atom. The van der Waals surface area contributed by atoms with Crippen molar-refractivity contribution >= 4 is 61.8 Å². The molecule has 3 N–H and O–H groups in total. The van der Waals surface area contributed by atoms with Crippen LogP contribution in [0.1, 0.15) is 15.2 Å². The number of carbonyl (C=O) groups excluding carboxylic acids is 1. The first-order valence-electron chi connectivity index (χ1n) is 8.66. The van der Waals surface area contributed by atoms with Crippen molar-refractivity contribution in [1.29, 1.82) is 0 Å². The SMILES string of the molecule is C=CC(F)(F)c1cc(NC(=O)c2sc3nc(-c4cccs4)ccc3c2N)ccc1Cl. The Balaban J connectivity index is 1.66. The summed E-state index contributed by atoms with van der Waals surface area (Å²) in [6.45, 7) is 3.13. The monoisotopic (exact) mass is 461 g/mol. The lowest BCUT2D eigenvalue weighted by Gasteiger charge is -2.15. The van der Waals surface area contributed by atoms with Gasteiger partial charge in [0.15, 0.2) is 0 Å². The average molecular weight is 462 g/mol. The molecule has 4 aromatic rings. The van der Waals surface area contributed by atoms with Crippen LogP contribution in [0.5, 0.6) is 0 Å². The van der Waals surface area contributed by atoms with Crippen LogP contribution in [0.15, 0.2) is 60.5 Å². The second-order valence-electron chi connectivity index (χ2n) is 6.35. The minimum absolute atomic E-state index is 0.121. The summed E-state index contributed by atoms with van der Waals surface area (Å²) in [5.41, 5.74) is 6.98. The molecule has 3 heterocycles. The van der Waals surface area contributed by atoms with Gasteiger partial charge in [0, 0.05) is 16.6 Å². The molecule has 0 atom stereocenters. The zero-order valence-electron chi connectivity index (χ0n) is 15.3. The second-order valence-corrected chi connectivity index (χ2v) is 8.70. The number of nitrogen functional groups attached to an aromatic ring is 1. The standard InChI is InChI=1S/C21H14ClF2N3OS2/c1-2-21(23,24)13-10-11(5-7-14(13)22)26-19(28)18-17(25)12-6-8-15(27-20(12)30-18)16-4-3-9-29-16/h2-10H,1,25H2,(H,26,28). The van der Waals surface area contributed by atoms with Gasteiger partial charge in [0.1, 0.15) is 9.71 Å². The van der Waals surface area contributed by atoms with Crippen LogP contribution >= 0.6 is 34.3 Å². The molecular weight excluding hydrogens is 448 g/mol. The fraction of sp³-hybridized carbons (Fsp3) is 0.0476. The van der Waals surface area contributed by atoms with E-state index in [2.05, 4.69) is 16.9 Å². The van der Waals surface area contributed by atoms with Crippen molar-refractivity contribution in [2.24, 2.45) is 0 Å². The summed E-state index contributed by atoms with van der Waals surface area (Å²) in [6, 6.07) is 11.4. The van der Waals surface area contributed by atoms with E-state index in [1.807, 2.05) is 29.6 Å². The van der Waals surface area contributed by atoms with Crippen LogP contribution < -0.4 is 11.1 Å². The van der Waals surface area contributed by atoms with Crippen molar-refractivity contribution in [3.8, 4) is 10.6 Å². The Labute approximate surface area is 183 Å². The predicted molar refractivity (Wildman–Crippen MR) is 121 cm³/mol. The van der Waals surface area contributed by atoms with Gasteiger partial charge >= 0.3 is 0 Å². The van der Waals surface area contributed by atoms with Gasteiger partial charge in [-0.2, -0.15) is 8.78 Å². The Morgan fingerprint density at radius 3 is 2.77 bits per heavy atom. The summed E-state index contributed by atoms with van der Waals surface area (Å²) >= 11 is 8.59. The van der Waals surface area contributed by atoms with Gasteiger partial charge in [-0.05, 0) is 47.9 Å². The number of nitrogens with two attached hydrogens (primary N) is 1. The molecule has 0 fully saturated rings. The first-order chi connectivity index (χ1) is 14.3. The molecule has 9 heteroatoms. The number of aromatic nitrogens is 1. The molecule has 0 spiro atoms. The summed E-state index contributed by atoms with van der Waals surface area (Å²) in [4.78, 5) is 19.3. The van der Waals surface area contributed by atoms with Crippen LogP contribution in [0.2, 0.25) is 5.02 Å². The summed E-state index contributed by atoms with van der Waals surface area (Å²) in [6.07, 6.45) is 0.501. The second kappa shape index (κ2) is 7.79. The first kappa shape index (κ1) is 20.5. The molecule has 0 unspecified atom stereocenters. The van der Waals surface area contributed by atoms with Crippen molar-refractivity contribution in [1.82, 2.24) is 4.98 Å². The van der Waals surface area contributed by atoms with Crippen LogP contribution in [0.4, 0.5) is 20.2 Å². The van der Waals surface area contributed by atoms with E-state index in [1.54, 1.807) is 11.3 Å². The highest BCUT2D eigenvalue weighted by Gasteiger charge is 2.30. The van der Waals surface area contributed by atoms with Crippen LogP contribution in [0, 0.1) is 0 Å². The number of hydrogen-bond acceptors (Lipinski definition) is 5. The number of thiophene rings is 2. The highest BCUT2D eigenvalue weighted by molar-refractivity contribution is 7.21. The third-order valence-electron chi connectivity index (χ3n) is 4.41. The topological polar surface area (TPSA) is 68.0 Å². The predicted octanol–water partition coefficient (Wildman–Crippen LogP) is 6.79. The van der Waals surface area contributed by atoms with Gasteiger partial charge in [-0.25, -0.2) is 4.98 Å². The quantitative estimate of drug-likeness (QED) is 0.321. The van der Waals surface area contributed by atoms with Gasteiger partial charge in [0.25, 0.3) is 11.8 Å². The Hall–Kier alpha value is -2.81. The number of nitrogens with one attached hydrogen (secondary N) is 1. The third kappa shape index (κ3) is 3.69. The van der Waals surface area contributed by atoms with Gasteiger partial charge in [-0.3, -0.25) is 4.79 Å². The molecule has 30 heavy (non-hydrogen) atoms. The lowest BCUT2D eigenvalue weighted by molar-refractivity contribution is 0.0527. The van der Waals surface area contributed by atoms with E-state index in [-0.39, 0.29) is 15.6 Å². The van der Waals surface area contributed by atoms with Gasteiger partial charge in [0.05, 0.1) is 21.3 Å². The van der Waals surface area contributed by atoms with E-state index in [9.17, 15) is 13.6 Å². The number of amides is 1. The molecule has 0 aliphatic heterocycles. The molecular formula is C21H14ClF2N3OS2. The molecule has 0 bridgehead atoms. The molecule has 1 aromatic carbocycles. The van der Waals surface area contributed by atoms with Crippen molar-refractivity contribution < 1.29 is 13.6 Å². The molecule has 4 nitrogen and oxygen atoms in total. The van der Waals surface area contributed by atoms with Crippen molar-refractivity contribution in [3.63, 3.8) is 0 Å². The van der Waals surface area contributed by atoms with E-state index in [1.165, 1.54) is 12.1 Å². The Kier molecular flexibility index (Phi) is 5.31. The van der Waals surface area contributed by atoms with E-state index < -0.39 is 17.4 Å². The van der Waals surface area contributed by atoms with Gasteiger partial charge < -0.3 is 11.1 Å². The average Bonchev–Trinajstić information content (AvgIpc) is 3.37. The van der Waals surface area contributed by atoms with Gasteiger partial charge in [-0.1, -0.05) is 24.2 Å². The molecule has 4 rings (SSSR count). The van der Waals surface area contributed by atoms with Crippen LogP contribution in [-0.2, 0) is 5.92 Å². The maximum atomic E-state index is 14.0. The van der Waals surface area contributed by atoms with Gasteiger partial charge in [0.2, 0.25) is 0 Å². The largest absolute Gasteiger partial charge is 0.397 e. The van der Waals surface area contributed by atoms with Crippen LogP contribution in [-0.4, -0.2) is 10.9 Å². The summed E-state index contributed by atoms with van der Waals surface area (Å²) in [5, 5.41) is 5.11. The third-order valence-corrected chi connectivity index (χ3v) is 6.75. The maximum absolute atomic E-state index is 14.0. The summed E-state index contributed by atoms with van der Waals surface area (Å²) in [7, 11) is 0. The van der Waals surface area contributed by atoms with E-state index in [0.717, 1.165) is 28.0 Å². The highest BCUT2D eigenvalue weighted by atomic mass is 35.5. The fourth-order valence-electron chi connectivity index (χ4n) is 2.88. The van der Waals surface area contributed by atoms with E-state index >= 15 is 0 Å². The molecule has 0 saturated carbocycles. The minimum Gasteiger partial charge on any atom is -0.397 e. The number of halogens is 3. The molecule has 1 amide bonds. The smallest absolute Gasteiger partial charge is 0.292 e. The maximum Gasteiger partial charge on any atom is 0.292 e. The molecule has 3 aromatic heterocycles. The van der Waals surface area contributed by atoms with E-state index in [4.69, 9.17) is 17.3 Å². The number of alkyl halides is 2. The number of rotatable bonds is 5. The number of nitrogens with zero attached hydrogens (tertiary/aromatic N) is 1. The van der Waals surface area contributed by atoms with Crippen molar-refractivity contribution in [2.45, 2.75) is 5.92 Å². The zero-order valence-corrected chi connectivity index (χ0v) is 17.7. The number of allylic oxidation sites excluding steroid dienone is 1. The number of pyridine rings is 1. The first-order valence-corrected chi connectivity index (χ1v) is 10.7. The zero-order chi connectivity index (χ0) is 21.5. The Bertz CT molecular complexity index is 1270. The normalized spacial score (nSPS) is 11.6. The molecule has 0 aliphatic carbocycles. The fourth-order valence-corrected chi connectivity index (χ4v) is 4.81. The molecule has 0 aliphatic rings.